The Bertz CT molecular complexity index is 685. The van der Waals surface area contributed by atoms with Crippen molar-refractivity contribution in [3.63, 3.8) is 0 Å². The maximum Gasteiger partial charge on any atom is 0.0372 e. The molecule has 0 amide bonds. The SMILES string of the molecule is C.C.C.C.CC.CC.CC.CC.Cc1ccccc1.Cc1ccccn1.Cc1cccnc1.Cc1ccncc1. The molecule has 3 heterocycles. The molecule has 0 unspecified atom stereocenters. The molecule has 3 heteroatoms. The molecule has 3 aromatic heterocycles. The van der Waals surface area contributed by atoms with E-state index >= 15 is 0 Å². The van der Waals surface area contributed by atoms with E-state index in [1.54, 1.807) is 24.8 Å². The van der Waals surface area contributed by atoms with Gasteiger partial charge in [-0.15, -0.1) is 0 Å². The Hall–Kier alpha value is -3.33. The minimum atomic E-state index is 0. The van der Waals surface area contributed by atoms with Gasteiger partial charge in [0.05, 0.1) is 0 Å². The number of aromatic nitrogens is 3. The average molecular weight is 556 g/mol. The van der Waals surface area contributed by atoms with Crippen molar-refractivity contribution in [1.29, 1.82) is 0 Å². The first-order valence-corrected chi connectivity index (χ1v) is 13.2. The Kier molecular flexibility index (Phi) is 74.0. The molecular formula is C37H69N3. The molecule has 0 saturated carbocycles. The van der Waals surface area contributed by atoms with Crippen LogP contribution in [0, 0.1) is 27.7 Å². The molecule has 0 spiro atoms. The third kappa shape index (κ3) is 47.8. The van der Waals surface area contributed by atoms with Crippen LogP contribution in [0.25, 0.3) is 0 Å². The quantitative estimate of drug-likeness (QED) is 0.216. The van der Waals surface area contributed by atoms with Crippen LogP contribution in [0.1, 0.15) is 107 Å². The number of pyridine rings is 3. The lowest BCUT2D eigenvalue weighted by atomic mass is 10.2. The van der Waals surface area contributed by atoms with Crippen LogP contribution in [0.3, 0.4) is 0 Å². The van der Waals surface area contributed by atoms with Gasteiger partial charge in [0, 0.05) is 36.7 Å². The summed E-state index contributed by atoms with van der Waals surface area (Å²) in [4.78, 5) is 11.7. The van der Waals surface area contributed by atoms with Crippen LogP contribution < -0.4 is 0 Å². The summed E-state index contributed by atoms with van der Waals surface area (Å²) >= 11 is 0. The number of aryl methyl sites for hydroxylation is 4. The Morgan fingerprint density at radius 2 is 0.800 bits per heavy atom. The Morgan fingerprint density at radius 1 is 0.375 bits per heavy atom. The van der Waals surface area contributed by atoms with Crippen LogP contribution in [-0.4, -0.2) is 15.0 Å². The standard InChI is InChI=1S/C7H8.3C6H7N.4C2H6.4CH4/c1-7-5-3-2-4-6-7;1-6-2-4-7-5-3-6;1-6-3-2-4-7-5-6;1-6-4-2-3-5-7-6;4*1-2;;;;/h2-6H,1H3;3*2-5H,1H3;4*1-2H3;4*1H4. The first-order chi connectivity index (χ1) is 17.6. The molecule has 0 bridgehead atoms. The highest BCUT2D eigenvalue weighted by Crippen LogP contribution is 1.92. The van der Waals surface area contributed by atoms with E-state index in [1.807, 2.05) is 143 Å². The molecule has 0 aliphatic rings. The number of rotatable bonds is 0. The van der Waals surface area contributed by atoms with E-state index in [0.717, 1.165) is 5.69 Å². The zero-order valence-electron chi connectivity index (χ0n) is 25.2. The van der Waals surface area contributed by atoms with Crippen LogP contribution in [0.5, 0.6) is 0 Å². The fourth-order valence-corrected chi connectivity index (χ4v) is 1.86. The molecule has 0 aliphatic heterocycles. The molecule has 4 rings (SSSR count). The zero-order valence-corrected chi connectivity index (χ0v) is 25.2. The minimum Gasteiger partial charge on any atom is -0.265 e. The lowest BCUT2D eigenvalue weighted by Crippen LogP contribution is -1.72. The van der Waals surface area contributed by atoms with Crippen LogP contribution in [0.2, 0.25) is 0 Å². The van der Waals surface area contributed by atoms with Gasteiger partial charge >= 0.3 is 0 Å². The first-order valence-electron chi connectivity index (χ1n) is 13.2. The van der Waals surface area contributed by atoms with E-state index in [1.165, 1.54) is 16.7 Å². The van der Waals surface area contributed by atoms with Crippen molar-refractivity contribution in [3.8, 4) is 0 Å². The van der Waals surface area contributed by atoms with Gasteiger partial charge in [0.25, 0.3) is 0 Å². The number of benzene rings is 1. The van der Waals surface area contributed by atoms with Crippen molar-refractivity contribution >= 4 is 0 Å². The fraction of sp³-hybridized carbons (Fsp3) is 0.432. The maximum absolute atomic E-state index is 3.98. The normalized spacial score (nSPS) is 6.70. The van der Waals surface area contributed by atoms with Crippen molar-refractivity contribution in [2.45, 2.75) is 113 Å². The summed E-state index contributed by atoms with van der Waals surface area (Å²) < 4.78 is 0. The van der Waals surface area contributed by atoms with Crippen molar-refractivity contribution in [1.82, 2.24) is 15.0 Å². The molecule has 0 N–H and O–H groups in total. The molecule has 0 radical (unpaired) electrons. The van der Waals surface area contributed by atoms with Crippen LogP contribution in [0.15, 0.2) is 104 Å². The van der Waals surface area contributed by atoms with Crippen LogP contribution >= 0.6 is 0 Å². The monoisotopic (exact) mass is 556 g/mol. The Balaban J connectivity index is -0.0000000509. The molecular weight excluding hydrogens is 486 g/mol. The van der Waals surface area contributed by atoms with Gasteiger partial charge in [-0.1, -0.05) is 133 Å². The van der Waals surface area contributed by atoms with Gasteiger partial charge in [-0.05, 0) is 69.2 Å². The summed E-state index contributed by atoms with van der Waals surface area (Å²) in [5.41, 5.74) is 4.86. The second kappa shape index (κ2) is 52.2. The van der Waals surface area contributed by atoms with Crippen LogP contribution in [0.4, 0.5) is 0 Å². The molecule has 3 nitrogen and oxygen atoms in total. The predicted molar refractivity (Wildman–Crippen MR) is 190 cm³/mol. The van der Waals surface area contributed by atoms with Gasteiger partial charge in [-0.25, -0.2) is 0 Å². The second-order valence-electron chi connectivity index (χ2n) is 6.18. The Labute approximate surface area is 253 Å². The molecule has 0 fully saturated rings. The molecule has 0 saturated heterocycles. The van der Waals surface area contributed by atoms with Gasteiger partial charge in [-0.2, -0.15) is 0 Å². The summed E-state index contributed by atoms with van der Waals surface area (Å²) in [7, 11) is 0. The van der Waals surface area contributed by atoms with Crippen molar-refractivity contribution in [3.05, 3.63) is 126 Å². The van der Waals surface area contributed by atoms with E-state index < -0.39 is 0 Å². The van der Waals surface area contributed by atoms with Crippen molar-refractivity contribution < 1.29 is 0 Å². The summed E-state index contributed by atoms with van der Waals surface area (Å²) in [6.07, 6.45) is 8.97. The van der Waals surface area contributed by atoms with Gasteiger partial charge in [0.15, 0.2) is 0 Å². The third-order valence-corrected chi connectivity index (χ3v) is 3.41. The molecule has 4 aromatic rings. The van der Waals surface area contributed by atoms with E-state index in [-0.39, 0.29) is 29.7 Å². The van der Waals surface area contributed by atoms with E-state index in [9.17, 15) is 0 Å². The lowest BCUT2D eigenvalue weighted by Gasteiger charge is -1.82. The van der Waals surface area contributed by atoms with E-state index in [0.29, 0.717) is 0 Å². The summed E-state index contributed by atoms with van der Waals surface area (Å²) in [6, 6.07) is 24.0. The van der Waals surface area contributed by atoms with Gasteiger partial charge in [-0.3, -0.25) is 15.0 Å². The summed E-state index contributed by atoms with van der Waals surface area (Å²) in [5.74, 6) is 0. The van der Waals surface area contributed by atoms with Gasteiger partial charge in [0.1, 0.15) is 0 Å². The largest absolute Gasteiger partial charge is 0.265 e. The van der Waals surface area contributed by atoms with Gasteiger partial charge < -0.3 is 0 Å². The van der Waals surface area contributed by atoms with Gasteiger partial charge in [0.2, 0.25) is 0 Å². The highest BCUT2D eigenvalue weighted by molar-refractivity contribution is 5.11. The maximum atomic E-state index is 3.98. The molecule has 40 heavy (non-hydrogen) atoms. The highest BCUT2D eigenvalue weighted by atomic mass is 14.6. The topological polar surface area (TPSA) is 38.7 Å². The van der Waals surface area contributed by atoms with Crippen molar-refractivity contribution in [2.24, 2.45) is 0 Å². The summed E-state index contributed by atoms with van der Waals surface area (Å²) in [6.45, 7) is 24.1. The molecule has 0 aliphatic carbocycles. The zero-order chi connectivity index (χ0) is 28.5. The molecule has 0 atom stereocenters. The second-order valence-corrected chi connectivity index (χ2v) is 6.18. The number of hydrogen-bond donors (Lipinski definition) is 0. The smallest absolute Gasteiger partial charge is 0.0372 e. The average Bonchev–Trinajstić information content (AvgIpc) is 2.96. The van der Waals surface area contributed by atoms with E-state index in [4.69, 9.17) is 0 Å². The van der Waals surface area contributed by atoms with E-state index in [2.05, 4.69) is 34.0 Å². The molecule has 1 aromatic carbocycles. The summed E-state index contributed by atoms with van der Waals surface area (Å²) in [5, 5.41) is 0. The van der Waals surface area contributed by atoms with Crippen molar-refractivity contribution in [2.75, 3.05) is 0 Å². The molecule has 232 valence electrons. The van der Waals surface area contributed by atoms with Crippen LogP contribution in [-0.2, 0) is 0 Å². The predicted octanol–water partition coefficient (Wildman–Crippen LogP) is 12.8. The Morgan fingerprint density at radius 3 is 1.00 bits per heavy atom. The fourth-order valence-electron chi connectivity index (χ4n) is 1.86. The first kappa shape index (κ1) is 56.8. The number of nitrogens with zero attached hydrogens (tertiary/aromatic N) is 3. The lowest BCUT2D eigenvalue weighted by molar-refractivity contribution is 1.20. The number of hydrogen-bond acceptors (Lipinski definition) is 3. The minimum absolute atomic E-state index is 0. The highest BCUT2D eigenvalue weighted by Gasteiger charge is 1.74. The third-order valence-electron chi connectivity index (χ3n) is 3.41.